The highest BCUT2D eigenvalue weighted by molar-refractivity contribution is 6.30. The van der Waals surface area contributed by atoms with Gasteiger partial charge in [-0.3, -0.25) is 0 Å². The Morgan fingerprint density at radius 2 is 1.88 bits per heavy atom. The summed E-state index contributed by atoms with van der Waals surface area (Å²) in [7, 11) is 0. The molecule has 0 amide bonds. The third-order valence-electron chi connectivity index (χ3n) is 5.30. The van der Waals surface area contributed by atoms with Crippen molar-refractivity contribution in [2.45, 2.75) is 44.4 Å². The van der Waals surface area contributed by atoms with Crippen molar-refractivity contribution < 1.29 is 0 Å². The first-order chi connectivity index (χ1) is 12.3. The zero-order valence-corrected chi connectivity index (χ0v) is 15.1. The molecule has 1 aliphatic heterocycles. The Kier molecular flexibility index (Phi) is 5.02. The summed E-state index contributed by atoms with van der Waals surface area (Å²) in [6, 6.07) is 2.01. The Morgan fingerprint density at radius 3 is 2.68 bits per heavy atom. The van der Waals surface area contributed by atoms with Gasteiger partial charge in [0, 0.05) is 43.2 Å². The Labute approximate surface area is 153 Å². The summed E-state index contributed by atoms with van der Waals surface area (Å²) in [5.74, 6) is 2.83. The zero-order valence-electron chi connectivity index (χ0n) is 14.3. The molecule has 2 aromatic heterocycles. The lowest BCUT2D eigenvalue weighted by Gasteiger charge is -2.21. The summed E-state index contributed by atoms with van der Waals surface area (Å²) in [6.07, 6.45) is 13.2. The molecule has 132 valence electrons. The van der Waals surface area contributed by atoms with E-state index in [4.69, 9.17) is 11.6 Å². The molecular weight excluding hydrogens is 334 g/mol. The van der Waals surface area contributed by atoms with Gasteiger partial charge in [-0.05, 0) is 36.8 Å². The quantitative estimate of drug-likeness (QED) is 0.836. The lowest BCUT2D eigenvalue weighted by molar-refractivity contribution is 0.373. The predicted molar refractivity (Wildman–Crippen MR) is 101 cm³/mol. The predicted octanol–water partition coefficient (Wildman–Crippen LogP) is 4.27. The summed E-state index contributed by atoms with van der Waals surface area (Å²) >= 11 is 6.09. The van der Waals surface area contributed by atoms with Crippen LogP contribution >= 0.6 is 11.6 Å². The minimum absolute atomic E-state index is 0.367. The molecule has 5 nitrogen and oxygen atoms in total. The van der Waals surface area contributed by atoms with Crippen molar-refractivity contribution in [3.63, 3.8) is 0 Å². The maximum Gasteiger partial charge on any atom is 0.222 e. The van der Waals surface area contributed by atoms with Crippen LogP contribution in [0, 0.1) is 5.92 Å². The minimum atomic E-state index is 0.367. The Bertz CT molecular complexity index is 712. The van der Waals surface area contributed by atoms with Crippen LogP contribution in [0.15, 0.2) is 24.7 Å². The molecule has 0 radical (unpaired) electrons. The summed E-state index contributed by atoms with van der Waals surface area (Å²) < 4.78 is 0. The first kappa shape index (κ1) is 16.6. The maximum atomic E-state index is 6.09. The van der Waals surface area contributed by atoms with Gasteiger partial charge < -0.3 is 10.6 Å². The van der Waals surface area contributed by atoms with Gasteiger partial charge in [0.15, 0.2) is 0 Å². The second-order valence-electron chi connectivity index (χ2n) is 7.17. The number of hydrogen-bond donors (Lipinski definition) is 2. The van der Waals surface area contributed by atoms with E-state index in [2.05, 4.69) is 25.6 Å². The van der Waals surface area contributed by atoms with E-state index >= 15 is 0 Å². The molecule has 4 rings (SSSR count). The summed E-state index contributed by atoms with van der Waals surface area (Å²) in [4.78, 5) is 13.3. The molecule has 0 saturated heterocycles. The average Bonchev–Trinajstić information content (AvgIpc) is 3.04. The van der Waals surface area contributed by atoms with E-state index in [0.29, 0.717) is 10.9 Å². The van der Waals surface area contributed by atoms with Gasteiger partial charge in [-0.2, -0.15) is 0 Å². The van der Waals surface area contributed by atoms with Crippen LogP contribution in [-0.4, -0.2) is 28.0 Å². The molecular formula is C19H24ClN5. The standard InChI is InChI=1S/C19H24ClN5/c20-16-7-17-15(11-21-18(17)22-12-16)6-14-9-24-19(25-10-14)23-8-13-4-2-1-3-5-13/h7,9-10,12-13,15H,1-6,8,11H2,(H,21,22)(H,23,24,25). The second kappa shape index (κ2) is 7.56. The molecule has 1 aliphatic carbocycles. The third kappa shape index (κ3) is 4.03. The van der Waals surface area contributed by atoms with Crippen LogP contribution in [0.5, 0.6) is 0 Å². The first-order valence-corrected chi connectivity index (χ1v) is 9.60. The Hall–Kier alpha value is -1.88. The van der Waals surface area contributed by atoms with Crippen LogP contribution in [0.4, 0.5) is 11.8 Å². The highest BCUT2D eigenvalue weighted by Gasteiger charge is 2.24. The fourth-order valence-corrected chi connectivity index (χ4v) is 4.06. The lowest BCUT2D eigenvalue weighted by atomic mass is 9.89. The van der Waals surface area contributed by atoms with Gasteiger partial charge in [-0.1, -0.05) is 30.9 Å². The van der Waals surface area contributed by atoms with Crippen LogP contribution in [0.3, 0.4) is 0 Å². The van der Waals surface area contributed by atoms with Crippen LogP contribution in [0.25, 0.3) is 0 Å². The smallest absolute Gasteiger partial charge is 0.222 e. The molecule has 0 aromatic carbocycles. The van der Waals surface area contributed by atoms with Gasteiger partial charge in [0.25, 0.3) is 0 Å². The molecule has 1 atom stereocenters. The molecule has 2 N–H and O–H groups in total. The van der Waals surface area contributed by atoms with Crippen LogP contribution in [-0.2, 0) is 6.42 Å². The molecule has 3 heterocycles. The third-order valence-corrected chi connectivity index (χ3v) is 5.51. The van der Waals surface area contributed by atoms with Gasteiger partial charge in [-0.25, -0.2) is 15.0 Å². The van der Waals surface area contributed by atoms with Gasteiger partial charge in [0.2, 0.25) is 5.95 Å². The van der Waals surface area contributed by atoms with Crippen LogP contribution < -0.4 is 10.6 Å². The van der Waals surface area contributed by atoms with E-state index in [9.17, 15) is 0 Å². The number of aromatic nitrogens is 3. The number of pyridine rings is 1. The average molecular weight is 358 g/mol. The maximum absolute atomic E-state index is 6.09. The number of halogens is 1. The van der Waals surface area contributed by atoms with Crippen molar-refractivity contribution >= 4 is 23.4 Å². The number of nitrogens with zero attached hydrogens (tertiary/aromatic N) is 3. The summed E-state index contributed by atoms with van der Waals surface area (Å²) in [5.41, 5.74) is 2.33. The van der Waals surface area contributed by atoms with E-state index in [1.165, 1.54) is 37.7 Å². The molecule has 1 fully saturated rings. The van der Waals surface area contributed by atoms with Crippen molar-refractivity contribution in [2.75, 3.05) is 23.7 Å². The monoisotopic (exact) mass is 357 g/mol. The summed E-state index contributed by atoms with van der Waals surface area (Å²) in [5, 5.41) is 7.43. The first-order valence-electron chi connectivity index (χ1n) is 9.22. The van der Waals surface area contributed by atoms with Crippen molar-refractivity contribution in [1.29, 1.82) is 0 Å². The minimum Gasteiger partial charge on any atom is -0.369 e. The molecule has 2 aliphatic rings. The van der Waals surface area contributed by atoms with Crippen molar-refractivity contribution in [3.05, 3.63) is 40.8 Å². The van der Waals surface area contributed by atoms with E-state index < -0.39 is 0 Å². The van der Waals surface area contributed by atoms with Gasteiger partial charge in [-0.15, -0.1) is 0 Å². The molecule has 2 aromatic rings. The highest BCUT2D eigenvalue weighted by atomic mass is 35.5. The molecule has 0 spiro atoms. The number of rotatable bonds is 5. The topological polar surface area (TPSA) is 62.7 Å². The molecule has 6 heteroatoms. The van der Waals surface area contributed by atoms with Crippen molar-refractivity contribution in [2.24, 2.45) is 5.92 Å². The van der Waals surface area contributed by atoms with E-state index in [1.54, 1.807) is 6.20 Å². The molecule has 0 bridgehead atoms. The lowest BCUT2D eigenvalue weighted by Crippen LogP contribution is -2.18. The normalized spacial score (nSPS) is 20.1. The fraction of sp³-hybridized carbons (Fsp3) is 0.526. The fourth-order valence-electron chi connectivity index (χ4n) is 3.89. The number of fused-ring (bicyclic) bond motifs is 1. The molecule has 25 heavy (non-hydrogen) atoms. The Balaban J connectivity index is 1.34. The Morgan fingerprint density at radius 1 is 1.08 bits per heavy atom. The summed E-state index contributed by atoms with van der Waals surface area (Å²) in [6.45, 7) is 1.87. The zero-order chi connectivity index (χ0) is 17.1. The van der Waals surface area contributed by atoms with E-state index in [-0.39, 0.29) is 0 Å². The van der Waals surface area contributed by atoms with Crippen LogP contribution in [0.2, 0.25) is 5.02 Å². The largest absolute Gasteiger partial charge is 0.369 e. The van der Waals surface area contributed by atoms with Crippen molar-refractivity contribution in [1.82, 2.24) is 15.0 Å². The second-order valence-corrected chi connectivity index (χ2v) is 7.61. The van der Waals surface area contributed by atoms with E-state index in [1.807, 2.05) is 18.5 Å². The van der Waals surface area contributed by atoms with Crippen LogP contribution in [0.1, 0.15) is 49.1 Å². The molecule has 1 saturated carbocycles. The number of nitrogens with one attached hydrogen (secondary N) is 2. The van der Waals surface area contributed by atoms with Crippen molar-refractivity contribution in [3.8, 4) is 0 Å². The number of hydrogen-bond acceptors (Lipinski definition) is 5. The van der Waals surface area contributed by atoms with Gasteiger partial charge in [0.05, 0.1) is 5.02 Å². The number of anilines is 2. The van der Waals surface area contributed by atoms with E-state index in [0.717, 1.165) is 42.8 Å². The highest BCUT2D eigenvalue weighted by Crippen LogP contribution is 2.33. The van der Waals surface area contributed by atoms with Gasteiger partial charge in [0.1, 0.15) is 5.82 Å². The van der Waals surface area contributed by atoms with Gasteiger partial charge >= 0.3 is 0 Å². The SMILES string of the molecule is Clc1cnc2c(c1)C(Cc1cnc(NCC3CCCCC3)nc1)CN2. The molecule has 1 unspecified atom stereocenters.